The fourth-order valence-electron chi connectivity index (χ4n) is 6.17. The highest BCUT2D eigenvalue weighted by Gasteiger charge is 2.35. The number of amides is 1. The van der Waals surface area contributed by atoms with Crippen LogP contribution in [-0.2, 0) is 29.4 Å². The Kier molecular flexibility index (Phi) is 6.49. The van der Waals surface area contributed by atoms with E-state index in [0.29, 0.717) is 6.42 Å². The van der Waals surface area contributed by atoms with Crippen molar-refractivity contribution in [1.29, 1.82) is 0 Å². The zero-order valence-corrected chi connectivity index (χ0v) is 21.5. The summed E-state index contributed by atoms with van der Waals surface area (Å²) in [6.45, 7) is 4.22. The van der Waals surface area contributed by atoms with E-state index in [4.69, 9.17) is 9.72 Å². The van der Waals surface area contributed by atoms with Crippen molar-refractivity contribution in [3.63, 3.8) is 0 Å². The number of rotatable bonds is 5. The first kappa shape index (κ1) is 24.3. The first-order valence-electron chi connectivity index (χ1n) is 12.9. The zero-order chi connectivity index (χ0) is 25.6. The van der Waals surface area contributed by atoms with E-state index >= 15 is 0 Å². The number of hydrogen-bond donors (Lipinski definition) is 1. The van der Waals surface area contributed by atoms with Gasteiger partial charge in [-0.1, -0.05) is 13.3 Å². The number of anilines is 1. The van der Waals surface area contributed by atoms with Gasteiger partial charge in [-0.15, -0.1) is 0 Å². The molecule has 1 aromatic carbocycles. The van der Waals surface area contributed by atoms with E-state index in [1.165, 1.54) is 7.11 Å². The third-order valence-corrected chi connectivity index (χ3v) is 7.96. The monoisotopic (exact) mass is 493 g/mol. The number of benzene rings is 1. The van der Waals surface area contributed by atoms with Crippen LogP contribution in [0.2, 0.25) is 0 Å². The molecule has 1 amide bonds. The number of aryl methyl sites for hydroxylation is 2. The SMILES string of the molecule is COC(=O)N1c2ccc3c(nc(C(C)Cc4cnn(C)c4)n3[C@@H]3CCC[C@@H](C(=O)O)C3)c2CCC1C. The first-order chi connectivity index (χ1) is 17.3. The summed E-state index contributed by atoms with van der Waals surface area (Å²) < 4.78 is 9.21. The number of hydrogen-bond acceptors (Lipinski definition) is 5. The average molecular weight is 494 g/mol. The topological polar surface area (TPSA) is 102 Å². The third-order valence-electron chi connectivity index (χ3n) is 7.96. The molecule has 1 saturated carbocycles. The number of carboxylic acids is 1. The first-order valence-corrected chi connectivity index (χ1v) is 12.9. The molecule has 36 heavy (non-hydrogen) atoms. The van der Waals surface area contributed by atoms with E-state index in [9.17, 15) is 14.7 Å². The molecule has 0 radical (unpaired) electrons. The van der Waals surface area contributed by atoms with Gasteiger partial charge in [-0.2, -0.15) is 5.10 Å². The fourth-order valence-corrected chi connectivity index (χ4v) is 6.17. The molecular formula is C27H35N5O4. The van der Waals surface area contributed by atoms with Crippen molar-refractivity contribution in [1.82, 2.24) is 19.3 Å². The lowest BCUT2D eigenvalue weighted by Gasteiger charge is -2.34. The lowest BCUT2D eigenvalue weighted by atomic mass is 9.85. The number of aliphatic carboxylic acids is 1. The molecule has 2 aliphatic rings. The molecule has 5 rings (SSSR count). The van der Waals surface area contributed by atoms with Crippen LogP contribution in [0.1, 0.15) is 74.9 Å². The number of carbonyl (C=O) groups excluding carboxylic acids is 1. The maximum absolute atomic E-state index is 12.6. The van der Waals surface area contributed by atoms with Crippen LogP contribution in [0, 0.1) is 5.92 Å². The third kappa shape index (κ3) is 4.24. The molecule has 3 heterocycles. The van der Waals surface area contributed by atoms with Crippen molar-refractivity contribution in [2.24, 2.45) is 13.0 Å². The molecule has 9 nitrogen and oxygen atoms in total. The maximum atomic E-state index is 12.6. The summed E-state index contributed by atoms with van der Waals surface area (Å²) in [7, 11) is 3.33. The highest BCUT2D eigenvalue weighted by Crippen LogP contribution is 2.42. The number of ether oxygens (including phenoxy) is 1. The molecule has 1 aliphatic heterocycles. The Balaban J connectivity index is 1.64. The van der Waals surface area contributed by atoms with Gasteiger partial charge in [-0.3, -0.25) is 14.4 Å². The van der Waals surface area contributed by atoms with Crippen LogP contribution in [0.15, 0.2) is 24.5 Å². The van der Waals surface area contributed by atoms with Gasteiger partial charge in [0.25, 0.3) is 0 Å². The number of imidazole rings is 1. The Bertz CT molecular complexity index is 1290. The smallest absolute Gasteiger partial charge is 0.414 e. The van der Waals surface area contributed by atoms with Crippen molar-refractivity contribution >= 4 is 28.8 Å². The molecule has 1 aliphatic carbocycles. The molecule has 3 aromatic rings. The van der Waals surface area contributed by atoms with Crippen molar-refractivity contribution < 1.29 is 19.4 Å². The van der Waals surface area contributed by atoms with Crippen LogP contribution in [0.25, 0.3) is 11.0 Å². The summed E-state index contributed by atoms with van der Waals surface area (Å²) in [6, 6.07) is 4.19. The maximum Gasteiger partial charge on any atom is 0.414 e. The summed E-state index contributed by atoms with van der Waals surface area (Å²) in [5.74, 6) is 0.0355. The van der Waals surface area contributed by atoms with Gasteiger partial charge in [0.15, 0.2) is 0 Å². The van der Waals surface area contributed by atoms with E-state index in [-0.39, 0.29) is 30.0 Å². The van der Waals surface area contributed by atoms with E-state index in [1.807, 2.05) is 37.1 Å². The molecule has 9 heteroatoms. The van der Waals surface area contributed by atoms with E-state index < -0.39 is 5.97 Å². The van der Waals surface area contributed by atoms with Crippen LogP contribution < -0.4 is 4.90 Å². The molecule has 1 fully saturated rings. The van der Waals surface area contributed by atoms with Crippen molar-refractivity contribution in [2.45, 2.75) is 76.8 Å². The van der Waals surface area contributed by atoms with Gasteiger partial charge in [-0.25, -0.2) is 9.78 Å². The molecule has 192 valence electrons. The minimum atomic E-state index is -0.714. The van der Waals surface area contributed by atoms with E-state index in [1.54, 1.807) is 4.90 Å². The van der Waals surface area contributed by atoms with Crippen molar-refractivity contribution in [3.8, 4) is 0 Å². The molecule has 2 aromatic heterocycles. The summed E-state index contributed by atoms with van der Waals surface area (Å²) in [6.07, 6.45) is 9.17. The lowest BCUT2D eigenvalue weighted by molar-refractivity contribution is -0.143. The van der Waals surface area contributed by atoms with Gasteiger partial charge in [0.1, 0.15) is 5.82 Å². The van der Waals surface area contributed by atoms with Gasteiger partial charge in [0.2, 0.25) is 0 Å². The zero-order valence-electron chi connectivity index (χ0n) is 21.5. The molecule has 1 N–H and O–H groups in total. The summed E-state index contributed by atoms with van der Waals surface area (Å²) in [5.41, 5.74) is 5.01. The predicted molar refractivity (Wildman–Crippen MR) is 136 cm³/mol. The molecule has 4 atom stereocenters. The minimum Gasteiger partial charge on any atom is -0.481 e. The van der Waals surface area contributed by atoms with Gasteiger partial charge in [0, 0.05) is 36.8 Å². The number of methoxy groups -OCH3 is 1. The predicted octanol–water partition coefficient (Wildman–Crippen LogP) is 4.84. The molecular weight excluding hydrogens is 458 g/mol. The Labute approximate surface area is 211 Å². The molecule has 0 spiro atoms. The van der Waals surface area contributed by atoms with Gasteiger partial charge in [-0.05, 0) is 63.1 Å². The largest absolute Gasteiger partial charge is 0.481 e. The number of fused-ring (bicyclic) bond motifs is 3. The normalized spacial score (nSPS) is 22.9. The van der Waals surface area contributed by atoms with Crippen molar-refractivity contribution in [3.05, 3.63) is 41.5 Å². The van der Waals surface area contributed by atoms with Crippen LogP contribution in [0.3, 0.4) is 0 Å². The van der Waals surface area contributed by atoms with Crippen LogP contribution in [0.4, 0.5) is 10.5 Å². The summed E-state index contributed by atoms with van der Waals surface area (Å²) in [4.78, 5) is 31.4. The quantitative estimate of drug-likeness (QED) is 0.546. The van der Waals surface area contributed by atoms with Gasteiger partial charge in [0.05, 0.1) is 35.9 Å². The second-order valence-electron chi connectivity index (χ2n) is 10.5. The number of carboxylic acid groups (broad SMARTS) is 1. The molecule has 0 bridgehead atoms. The van der Waals surface area contributed by atoms with Gasteiger partial charge >= 0.3 is 12.1 Å². The van der Waals surface area contributed by atoms with Crippen LogP contribution >= 0.6 is 0 Å². The second kappa shape index (κ2) is 9.59. The highest BCUT2D eigenvalue weighted by molar-refractivity contribution is 5.95. The fraction of sp³-hybridized carbons (Fsp3) is 0.556. The number of nitrogens with zero attached hydrogens (tertiary/aromatic N) is 5. The molecule has 2 unspecified atom stereocenters. The summed E-state index contributed by atoms with van der Waals surface area (Å²) in [5, 5.41) is 14.1. The average Bonchev–Trinajstić information content (AvgIpc) is 3.46. The van der Waals surface area contributed by atoms with E-state index in [2.05, 4.69) is 22.7 Å². The van der Waals surface area contributed by atoms with Gasteiger partial charge < -0.3 is 14.4 Å². The van der Waals surface area contributed by atoms with Crippen LogP contribution in [-0.4, -0.2) is 49.7 Å². The highest BCUT2D eigenvalue weighted by atomic mass is 16.5. The second-order valence-corrected chi connectivity index (χ2v) is 10.5. The molecule has 0 saturated heterocycles. The minimum absolute atomic E-state index is 0.0446. The number of carbonyl (C=O) groups is 2. The van der Waals surface area contributed by atoms with E-state index in [0.717, 1.165) is 72.2 Å². The Morgan fingerprint density at radius 1 is 1.25 bits per heavy atom. The Morgan fingerprint density at radius 2 is 2.06 bits per heavy atom. The number of aromatic nitrogens is 4. The van der Waals surface area contributed by atoms with Crippen molar-refractivity contribution in [2.75, 3.05) is 12.0 Å². The van der Waals surface area contributed by atoms with Crippen LogP contribution in [0.5, 0.6) is 0 Å². The lowest BCUT2D eigenvalue weighted by Crippen LogP contribution is -2.42. The summed E-state index contributed by atoms with van der Waals surface area (Å²) >= 11 is 0. The Hall–Kier alpha value is -3.36. The Morgan fingerprint density at radius 3 is 2.75 bits per heavy atom. The standard InChI is InChI=1S/C27H35N5O4/c1-16(12-18-14-28-30(3)15-18)25-29-24-21-9-8-17(2)31(27(35)36-4)22(21)10-11-23(24)32(25)20-7-5-6-19(13-20)26(33)34/h10-11,14-17,19-20H,5-9,12-13H2,1-4H3,(H,33,34)/t16?,17?,19-,20-/m1/s1.